The van der Waals surface area contributed by atoms with E-state index in [0.29, 0.717) is 38.5 Å². The van der Waals surface area contributed by atoms with Crippen LogP contribution in [0.5, 0.6) is 11.5 Å². The zero-order chi connectivity index (χ0) is 20.0. The van der Waals surface area contributed by atoms with E-state index in [1.165, 1.54) is 0 Å². The fourth-order valence-corrected chi connectivity index (χ4v) is 3.95. The Morgan fingerprint density at radius 1 is 1.10 bits per heavy atom. The summed E-state index contributed by atoms with van der Waals surface area (Å²) in [6, 6.07) is 12.3. The van der Waals surface area contributed by atoms with Crippen molar-refractivity contribution in [3.8, 4) is 22.8 Å². The van der Waals surface area contributed by atoms with E-state index in [0.717, 1.165) is 29.6 Å². The highest BCUT2D eigenvalue weighted by atomic mass is 35.5. The van der Waals surface area contributed by atoms with Crippen LogP contribution in [-0.4, -0.2) is 15.2 Å². The van der Waals surface area contributed by atoms with Crippen molar-refractivity contribution in [2.75, 3.05) is 0 Å². The fraction of sp³-hybridized carbons (Fsp3) is 0.182. The molecule has 0 amide bonds. The van der Waals surface area contributed by atoms with Gasteiger partial charge in [0.1, 0.15) is 29.6 Å². The zero-order valence-corrected chi connectivity index (χ0v) is 16.7. The second-order valence-electron chi connectivity index (χ2n) is 7.08. The molecular formula is C22H16Cl2N2O3. The molecule has 1 aliphatic carbocycles. The maximum Gasteiger partial charge on any atom is 0.147 e. The predicted molar refractivity (Wildman–Crippen MR) is 112 cm³/mol. The summed E-state index contributed by atoms with van der Waals surface area (Å²) in [6.07, 6.45) is 3.77. The molecule has 0 spiro atoms. The molecule has 0 atom stereocenters. The number of benzene rings is 2. The molecule has 0 bridgehead atoms. The monoisotopic (exact) mass is 426 g/mol. The van der Waals surface area contributed by atoms with Gasteiger partial charge in [0.25, 0.3) is 0 Å². The summed E-state index contributed by atoms with van der Waals surface area (Å²) < 4.78 is 11.7. The first-order chi connectivity index (χ1) is 14.1. The molecule has 1 fully saturated rings. The van der Waals surface area contributed by atoms with E-state index in [-0.39, 0.29) is 12.4 Å². The molecular weight excluding hydrogens is 411 g/mol. The highest BCUT2D eigenvalue weighted by molar-refractivity contribution is 6.39. The normalized spacial score (nSPS) is 13.7. The van der Waals surface area contributed by atoms with Crippen LogP contribution in [0.15, 0.2) is 53.2 Å². The van der Waals surface area contributed by atoms with Crippen LogP contribution >= 0.6 is 23.2 Å². The lowest BCUT2D eigenvalue weighted by Gasteiger charge is -2.10. The second-order valence-corrected chi connectivity index (χ2v) is 7.90. The molecule has 0 radical (unpaired) electrons. The van der Waals surface area contributed by atoms with Crippen LogP contribution in [0.3, 0.4) is 0 Å². The van der Waals surface area contributed by atoms with Gasteiger partial charge in [0, 0.05) is 22.9 Å². The van der Waals surface area contributed by atoms with Crippen LogP contribution in [0.4, 0.5) is 0 Å². The third-order valence-electron chi connectivity index (χ3n) is 4.99. The van der Waals surface area contributed by atoms with Crippen LogP contribution in [0.1, 0.15) is 30.1 Å². The maximum absolute atomic E-state index is 9.59. The molecule has 4 aromatic rings. The molecule has 7 heteroatoms. The second kappa shape index (κ2) is 7.25. The first-order valence-electron chi connectivity index (χ1n) is 9.24. The maximum atomic E-state index is 9.59. The Morgan fingerprint density at radius 3 is 2.66 bits per heavy atom. The van der Waals surface area contributed by atoms with Gasteiger partial charge in [0.2, 0.25) is 0 Å². The number of phenolic OH excluding ortho intramolecular Hbond substituents is 1. The van der Waals surface area contributed by atoms with Gasteiger partial charge in [-0.3, -0.25) is 4.98 Å². The quantitative estimate of drug-likeness (QED) is 0.402. The van der Waals surface area contributed by atoms with Crippen LogP contribution in [0, 0.1) is 0 Å². The minimum Gasteiger partial charge on any atom is -0.508 e. The molecule has 0 unspecified atom stereocenters. The summed E-state index contributed by atoms with van der Waals surface area (Å²) in [7, 11) is 0. The van der Waals surface area contributed by atoms with E-state index in [2.05, 4.69) is 10.1 Å². The van der Waals surface area contributed by atoms with E-state index in [9.17, 15) is 5.11 Å². The summed E-state index contributed by atoms with van der Waals surface area (Å²) in [6.45, 7) is 0.261. The standard InChI is InChI=1S/C22H16Cl2N2O3/c23-17-2-1-3-18(24)20(17)21-16(22(29-26-21)12-4-5-12)11-28-15-8-13-6-7-14(27)9-19(13)25-10-15/h1-3,6-10,12,27H,4-5,11H2. The number of hydrogen-bond donors (Lipinski definition) is 1. The van der Waals surface area contributed by atoms with Crippen molar-refractivity contribution < 1.29 is 14.4 Å². The van der Waals surface area contributed by atoms with Gasteiger partial charge in [-0.2, -0.15) is 0 Å². The van der Waals surface area contributed by atoms with Crippen molar-refractivity contribution in [1.82, 2.24) is 10.1 Å². The third-order valence-corrected chi connectivity index (χ3v) is 5.62. The van der Waals surface area contributed by atoms with Gasteiger partial charge in [0.05, 0.1) is 27.3 Å². The zero-order valence-electron chi connectivity index (χ0n) is 15.2. The molecule has 2 aromatic carbocycles. The number of ether oxygens (including phenoxy) is 1. The van der Waals surface area contributed by atoms with Crippen molar-refractivity contribution >= 4 is 34.1 Å². The summed E-state index contributed by atoms with van der Waals surface area (Å²) >= 11 is 12.8. The first kappa shape index (κ1) is 18.3. The third kappa shape index (κ3) is 3.52. The molecule has 0 saturated heterocycles. The number of fused-ring (bicyclic) bond motifs is 1. The van der Waals surface area contributed by atoms with Crippen LogP contribution in [-0.2, 0) is 6.61 Å². The number of hydrogen-bond acceptors (Lipinski definition) is 5. The van der Waals surface area contributed by atoms with Gasteiger partial charge in [-0.25, -0.2) is 0 Å². The molecule has 1 N–H and O–H groups in total. The summed E-state index contributed by atoms with van der Waals surface area (Å²) in [4.78, 5) is 4.35. The minimum atomic E-state index is 0.179. The van der Waals surface area contributed by atoms with Gasteiger partial charge in [-0.15, -0.1) is 0 Å². The largest absolute Gasteiger partial charge is 0.508 e. The highest BCUT2D eigenvalue weighted by Crippen LogP contribution is 2.46. The lowest BCUT2D eigenvalue weighted by molar-refractivity contribution is 0.300. The fourth-order valence-electron chi connectivity index (χ4n) is 3.37. The first-order valence-corrected chi connectivity index (χ1v) is 10.00. The molecule has 2 heterocycles. The van der Waals surface area contributed by atoms with Crippen molar-refractivity contribution in [3.05, 3.63) is 70.0 Å². The number of phenols is 1. The number of pyridine rings is 1. The van der Waals surface area contributed by atoms with E-state index >= 15 is 0 Å². The summed E-state index contributed by atoms with van der Waals surface area (Å²) in [5.74, 6) is 1.98. The Kier molecular flexibility index (Phi) is 4.57. The number of aromatic nitrogens is 2. The van der Waals surface area contributed by atoms with Crippen LogP contribution < -0.4 is 4.74 Å². The summed E-state index contributed by atoms with van der Waals surface area (Å²) in [5.41, 5.74) is 2.82. The van der Waals surface area contributed by atoms with Gasteiger partial charge in [0.15, 0.2) is 0 Å². The lowest BCUT2D eigenvalue weighted by atomic mass is 10.0. The number of halogens is 2. The average molecular weight is 427 g/mol. The van der Waals surface area contributed by atoms with E-state index in [1.807, 2.05) is 6.07 Å². The van der Waals surface area contributed by atoms with Crippen molar-refractivity contribution in [3.63, 3.8) is 0 Å². The van der Waals surface area contributed by atoms with Gasteiger partial charge in [-0.1, -0.05) is 34.4 Å². The number of aromatic hydroxyl groups is 1. The SMILES string of the molecule is Oc1ccc2cc(OCc3c(-c4c(Cl)cccc4Cl)noc3C3CC3)cnc2c1. The van der Waals surface area contributed by atoms with E-state index in [4.69, 9.17) is 32.5 Å². The van der Waals surface area contributed by atoms with Crippen molar-refractivity contribution in [2.24, 2.45) is 0 Å². The van der Waals surface area contributed by atoms with Crippen molar-refractivity contribution in [2.45, 2.75) is 25.4 Å². The molecule has 2 aromatic heterocycles. The minimum absolute atomic E-state index is 0.179. The molecule has 1 aliphatic rings. The topological polar surface area (TPSA) is 68.4 Å². The number of nitrogens with zero attached hydrogens (tertiary/aromatic N) is 2. The lowest BCUT2D eigenvalue weighted by Crippen LogP contribution is -2.00. The molecule has 146 valence electrons. The Hall–Kier alpha value is -2.76. The Bertz CT molecular complexity index is 1200. The van der Waals surface area contributed by atoms with Gasteiger partial charge in [-0.05, 0) is 43.2 Å². The molecule has 1 saturated carbocycles. The number of rotatable bonds is 5. The molecule has 29 heavy (non-hydrogen) atoms. The molecule has 5 rings (SSSR count). The highest BCUT2D eigenvalue weighted by Gasteiger charge is 2.33. The van der Waals surface area contributed by atoms with Crippen LogP contribution in [0.25, 0.3) is 22.2 Å². The predicted octanol–water partition coefficient (Wildman–Crippen LogP) is 6.36. The average Bonchev–Trinajstić information content (AvgIpc) is 3.47. The van der Waals surface area contributed by atoms with Crippen LogP contribution in [0.2, 0.25) is 10.0 Å². The van der Waals surface area contributed by atoms with Crippen molar-refractivity contribution in [1.29, 1.82) is 0 Å². The van der Waals surface area contributed by atoms with E-state index in [1.54, 1.807) is 42.6 Å². The van der Waals surface area contributed by atoms with E-state index < -0.39 is 0 Å². The molecule has 0 aliphatic heterocycles. The van der Waals surface area contributed by atoms with Gasteiger partial charge < -0.3 is 14.4 Å². The Morgan fingerprint density at radius 2 is 1.90 bits per heavy atom. The van der Waals surface area contributed by atoms with Gasteiger partial charge >= 0.3 is 0 Å². The summed E-state index contributed by atoms with van der Waals surface area (Å²) in [5, 5.41) is 15.8. The Labute approximate surface area is 176 Å². The Balaban J connectivity index is 1.49. The smallest absolute Gasteiger partial charge is 0.147 e. The molecule has 5 nitrogen and oxygen atoms in total.